The Balaban J connectivity index is 0.00000104. The summed E-state index contributed by atoms with van der Waals surface area (Å²) in [7, 11) is 2.23. The topological polar surface area (TPSA) is 6.48 Å². The van der Waals surface area contributed by atoms with Crippen molar-refractivity contribution in [2.75, 3.05) is 33.2 Å². The average Bonchev–Trinajstić information content (AvgIpc) is 2.55. The molecule has 0 N–H and O–H groups in total. The van der Waals surface area contributed by atoms with E-state index < -0.39 is 0 Å². The van der Waals surface area contributed by atoms with Crippen LogP contribution in [0.15, 0.2) is 48.5 Å². The molecule has 2 atom stereocenters. The van der Waals surface area contributed by atoms with Crippen molar-refractivity contribution in [3.05, 3.63) is 70.2 Å². The maximum absolute atomic E-state index is 6.06. The molecule has 0 saturated carbocycles. The van der Waals surface area contributed by atoms with Gasteiger partial charge in [-0.3, -0.25) is 4.90 Å². The van der Waals surface area contributed by atoms with Crippen LogP contribution in [0.4, 0.5) is 0 Å². The van der Waals surface area contributed by atoms with E-state index in [4.69, 9.17) is 11.6 Å². The van der Waals surface area contributed by atoms with Crippen LogP contribution in [0.1, 0.15) is 28.7 Å². The van der Waals surface area contributed by atoms with Crippen molar-refractivity contribution in [1.29, 1.82) is 0 Å². The molecule has 0 aliphatic carbocycles. The van der Waals surface area contributed by atoms with Crippen molar-refractivity contribution in [2.24, 2.45) is 0 Å². The monoisotopic (exact) mass is 384 g/mol. The number of likely N-dealkylation sites (N-methyl/N-ethyl adjacent to an activating group) is 1. The lowest BCUT2D eigenvalue weighted by Gasteiger charge is -2.46. The minimum absolute atomic E-state index is 0. The summed E-state index contributed by atoms with van der Waals surface area (Å²) in [6.07, 6.45) is 0. The van der Waals surface area contributed by atoms with Crippen LogP contribution in [0.2, 0.25) is 5.02 Å². The van der Waals surface area contributed by atoms with Gasteiger partial charge < -0.3 is 4.90 Å². The molecule has 0 bridgehead atoms. The first-order valence-electron chi connectivity index (χ1n) is 7.99. The second-order valence-corrected chi connectivity index (χ2v) is 6.94. The molecular weight excluding hydrogens is 363 g/mol. The molecule has 2 aromatic carbocycles. The van der Waals surface area contributed by atoms with Crippen LogP contribution in [0.5, 0.6) is 0 Å². The first-order valence-corrected chi connectivity index (χ1v) is 8.37. The molecule has 2 aromatic rings. The zero-order valence-corrected chi connectivity index (χ0v) is 16.1. The summed E-state index contributed by atoms with van der Waals surface area (Å²) in [5.74, 6) is 0.452. The quantitative estimate of drug-likeness (QED) is 0.707. The molecule has 0 amide bonds. The van der Waals surface area contributed by atoms with E-state index in [0.29, 0.717) is 12.0 Å². The Bertz CT molecular complexity index is 675. The van der Waals surface area contributed by atoms with Crippen LogP contribution in [0.3, 0.4) is 0 Å². The van der Waals surface area contributed by atoms with Gasteiger partial charge in [-0.25, -0.2) is 0 Å². The van der Waals surface area contributed by atoms with Crippen molar-refractivity contribution in [3.8, 4) is 0 Å². The van der Waals surface area contributed by atoms with Crippen molar-refractivity contribution in [1.82, 2.24) is 9.80 Å². The van der Waals surface area contributed by atoms with Crippen LogP contribution in [0.25, 0.3) is 0 Å². The van der Waals surface area contributed by atoms with E-state index in [0.717, 1.165) is 31.2 Å². The number of hydrogen-bond donors (Lipinski definition) is 0. The molecule has 1 fully saturated rings. The van der Waals surface area contributed by atoms with E-state index in [1.807, 2.05) is 12.1 Å². The van der Waals surface area contributed by atoms with Gasteiger partial charge >= 0.3 is 0 Å². The molecule has 2 aliphatic heterocycles. The van der Waals surface area contributed by atoms with E-state index in [1.165, 1.54) is 16.7 Å². The molecule has 5 heteroatoms. The van der Waals surface area contributed by atoms with Crippen LogP contribution in [-0.2, 0) is 0 Å². The molecular formula is C19H23Cl3N2. The Morgan fingerprint density at radius 1 is 0.875 bits per heavy atom. The predicted molar refractivity (Wildman–Crippen MR) is 106 cm³/mol. The van der Waals surface area contributed by atoms with Gasteiger partial charge in [-0.05, 0) is 35.9 Å². The Kier molecular flexibility index (Phi) is 6.58. The van der Waals surface area contributed by atoms with E-state index in [2.05, 4.69) is 53.2 Å². The molecule has 2 nitrogen and oxygen atoms in total. The highest BCUT2D eigenvalue weighted by atomic mass is 35.5. The first-order chi connectivity index (χ1) is 10.7. The highest BCUT2D eigenvalue weighted by Gasteiger charge is 2.36. The summed E-state index contributed by atoms with van der Waals surface area (Å²) in [5, 5.41) is 0.810. The van der Waals surface area contributed by atoms with Gasteiger partial charge in [0, 0.05) is 43.2 Å². The van der Waals surface area contributed by atoms with E-state index in [-0.39, 0.29) is 24.8 Å². The number of benzene rings is 2. The Morgan fingerprint density at radius 3 is 2.25 bits per heavy atom. The number of piperazine rings is 1. The smallest absolute Gasteiger partial charge is 0.0478 e. The van der Waals surface area contributed by atoms with Gasteiger partial charge in [0.15, 0.2) is 0 Å². The number of hydrogen-bond acceptors (Lipinski definition) is 2. The molecule has 0 unspecified atom stereocenters. The molecule has 0 spiro atoms. The number of halogens is 3. The maximum atomic E-state index is 6.06. The highest BCUT2D eigenvalue weighted by molar-refractivity contribution is 6.30. The maximum Gasteiger partial charge on any atom is 0.0478 e. The molecule has 2 aliphatic rings. The third-order valence-electron chi connectivity index (χ3n) is 5.11. The van der Waals surface area contributed by atoms with Crippen molar-refractivity contribution < 1.29 is 0 Å². The van der Waals surface area contributed by atoms with Crippen LogP contribution in [-0.4, -0.2) is 43.0 Å². The molecule has 0 radical (unpaired) electrons. The van der Waals surface area contributed by atoms with Gasteiger partial charge in [-0.15, -0.1) is 24.8 Å². The van der Waals surface area contributed by atoms with Gasteiger partial charge in [0.1, 0.15) is 0 Å². The number of rotatable bonds is 1. The first kappa shape index (κ1) is 19.6. The fraction of sp³-hybridized carbons (Fsp3) is 0.368. The molecule has 2 heterocycles. The van der Waals surface area contributed by atoms with Gasteiger partial charge in [0.05, 0.1) is 0 Å². The molecule has 24 heavy (non-hydrogen) atoms. The molecule has 130 valence electrons. The van der Waals surface area contributed by atoms with E-state index >= 15 is 0 Å². The number of nitrogens with zero attached hydrogens (tertiary/aromatic N) is 2. The second kappa shape index (κ2) is 8.07. The van der Waals surface area contributed by atoms with Crippen LogP contribution >= 0.6 is 36.4 Å². The fourth-order valence-corrected chi connectivity index (χ4v) is 4.04. The minimum Gasteiger partial charge on any atom is -0.303 e. The zero-order chi connectivity index (χ0) is 15.1. The molecule has 0 aromatic heterocycles. The molecule has 4 rings (SSSR count). The lowest BCUT2D eigenvalue weighted by Crippen LogP contribution is -2.50. The summed E-state index contributed by atoms with van der Waals surface area (Å²) in [6, 6.07) is 17.9. The second-order valence-electron chi connectivity index (χ2n) is 6.51. The fourth-order valence-electron chi connectivity index (χ4n) is 3.92. The van der Waals surface area contributed by atoms with Gasteiger partial charge in [0.25, 0.3) is 0 Å². The zero-order valence-electron chi connectivity index (χ0n) is 13.7. The SMILES string of the molecule is CN1CCN2C[C@H](c3ccc(Cl)cc3)c3ccccc3[C@H]2C1.Cl.Cl. The highest BCUT2D eigenvalue weighted by Crippen LogP contribution is 2.40. The third kappa shape index (κ3) is 3.58. The summed E-state index contributed by atoms with van der Waals surface area (Å²) in [6.45, 7) is 4.55. The van der Waals surface area contributed by atoms with Crippen LogP contribution < -0.4 is 0 Å². The van der Waals surface area contributed by atoms with E-state index in [1.54, 1.807) is 0 Å². The lowest BCUT2D eigenvalue weighted by atomic mass is 9.80. The minimum atomic E-state index is 0. The Labute approximate surface area is 161 Å². The van der Waals surface area contributed by atoms with Crippen molar-refractivity contribution in [2.45, 2.75) is 12.0 Å². The van der Waals surface area contributed by atoms with Gasteiger partial charge in [0.2, 0.25) is 0 Å². The van der Waals surface area contributed by atoms with E-state index in [9.17, 15) is 0 Å². The van der Waals surface area contributed by atoms with Gasteiger partial charge in [-0.1, -0.05) is 48.0 Å². The van der Waals surface area contributed by atoms with Gasteiger partial charge in [-0.2, -0.15) is 0 Å². The van der Waals surface area contributed by atoms with Crippen LogP contribution in [0, 0.1) is 0 Å². The normalized spacial score (nSPS) is 23.4. The summed E-state index contributed by atoms with van der Waals surface area (Å²) < 4.78 is 0. The number of fused-ring (bicyclic) bond motifs is 3. The lowest BCUT2D eigenvalue weighted by molar-refractivity contribution is 0.0772. The largest absolute Gasteiger partial charge is 0.303 e. The summed E-state index contributed by atoms with van der Waals surface area (Å²) in [5.41, 5.74) is 4.36. The molecule has 1 saturated heterocycles. The van der Waals surface area contributed by atoms with Crippen molar-refractivity contribution >= 4 is 36.4 Å². The Morgan fingerprint density at radius 2 is 1.54 bits per heavy atom. The third-order valence-corrected chi connectivity index (χ3v) is 5.37. The van der Waals surface area contributed by atoms with Crippen molar-refractivity contribution in [3.63, 3.8) is 0 Å². The summed E-state index contributed by atoms with van der Waals surface area (Å²) >= 11 is 6.06. The standard InChI is InChI=1S/C19H21ClN2.2ClH/c1-21-10-11-22-12-18(14-6-8-15(20)9-7-14)16-4-2-3-5-17(16)19(22)13-21;;/h2-9,18-19H,10-13H2,1H3;2*1H/t18-,19-;;/m1../s1. The Hall–Kier alpha value is -0.770. The average molecular weight is 386 g/mol. The summed E-state index contributed by atoms with van der Waals surface area (Å²) in [4.78, 5) is 5.10. The predicted octanol–water partition coefficient (Wildman–Crippen LogP) is 4.62.